The third-order valence-corrected chi connectivity index (χ3v) is 4.97. The van der Waals surface area contributed by atoms with Gasteiger partial charge in [-0.05, 0) is 24.3 Å². The summed E-state index contributed by atoms with van der Waals surface area (Å²) in [5, 5.41) is 7.58. The van der Waals surface area contributed by atoms with Crippen molar-refractivity contribution in [2.75, 3.05) is 13.1 Å². The predicted molar refractivity (Wildman–Crippen MR) is 89.7 cm³/mol. The SMILES string of the molecule is O=C(NCC(F)(F)F)C1CCCN1C(=O)CCc1nc(-c2cccs2)no1. The second-order valence-electron chi connectivity index (χ2n) is 6.07. The van der Waals surface area contributed by atoms with Crippen molar-refractivity contribution in [2.24, 2.45) is 0 Å². The Balaban J connectivity index is 1.53. The molecule has 2 aromatic rings. The smallest absolute Gasteiger partial charge is 0.345 e. The normalized spacial score (nSPS) is 17.3. The summed E-state index contributed by atoms with van der Waals surface area (Å²) in [6.07, 6.45) is -3.33. The minimum atomic E-state index is -4.48. The summed E-state index contributed by atoms with van der Waals surface area (Å²) in [5.74, 6) is -0.367. The number of nitrogens with one attached hydrogen (secondary N) is 1. The molecule has 0 spiro atoms. The lowest BCUT2D eigenvalue weighted by atomic mass is 10.2. The van der Waals surface area contributed by atoms with Gasteiger partial charge in [-0.3, -0.25) is 9.59 Å². The summed E-state index contributed by atoms with van der Waals surface area (Å²) in [4.78, 5) is 30.8. The molecule has 7 nitrogen and oxygen atoms in total. The molecule has 0 saturated carbocycles. The molecule has 0 aliphatic carbocycles. The Labute approximate surface area is 156 Å². The van der Waals surface area contributed by atoms with Crippen LogP contribution in [0, 0.1) is 0 Å². The quantitative estimate of drug-likeness (QED) is 0.802. The molecule has 3 heterocycles. The van der Waals surface area contributed by atoms with Crippen LogP contribution in [-0.4, -0.2) is 52.2 Å². The number of aryl methyl sites for hydroxylation is 1. The number of alkyl halides is 3. The summed E-state index contributed by atoms with van der Waals surface area (Å²) >= 11 is 1.46. The van der Waals surface area contributed by atoms with E-state index in [1.807, 2.05) is 22.8 Å². The molecule has 1 atom stereocenters. The molecular weight excluding hydrogens is 385 g/mol. The van der Waals surface area contributed by atoms with Crippen molar-refractivity contribution in [3.05, 3.63) is 23.4 Å². The monoisotopic (exact) mass is 402 g/mol. The maximum Gasteiger partial charge on any atom is 0.405 e. The zero-order valence-corrected chi connectivity index (χ0v) is 15.0. The lowest BCUT2D eigenvalue weighted by Gasteiger charge is -2.24. The average Bonchev–Trinajstić information content (AvgIpc) is 3.37. The van der Waals surface area contributed by atoms with Gasteiger partial charge in [-0.15, -0.1) is 11.3 Å². The van der Waals surface area contributed by atoms with E-state index in [4.69, 9.17) is 4.52 Å². The number of hydrogen-bond acceptors (Lipinski definition) is 6. The number of nitrogens with zero attached hydrogens (tertiary/aromatic N) is 3. The molecule has 1 saturated heterocycles. The van der Waals surface area contributed by atoms with Gasteiger partial charge in [0.25, 0.3) is 0 Å². The predicted octanol–water partition coefficient (Wildman–Crippen LogP) is 2.40. The van der Waals surface area contributed by atoms with Crippen molar-refractivity contribution in [1.29, 1.82) is 0 Å². The third-order valence-electron chi connectivity index (χ3n) is 4.10. The molecule has 11 heteroatoms. The largest absolute Gasteiger partial charge is 0.405 e. The van der Waals surface area contributed by atoms with Gasteiger partial charge in [0, 0.05) is 19.4 Å². The second kappa shape index (κ2) is 8.07. The number of carbonyl (C=O) groups excluding carboxylic acids is 2. The van der Waals surface area contributed by atoms with Crippen molar-refractivity contribution in [2.45, 2.75) is 37.9 Å². The number of amides is 2. The fourth-order valence-corrected chi connectivity index (χ4v) is 3.51. The van der Waals surface area contributed by atoms with Crippen LogP contribution in [-0.2, 0) is 16.0 Å². The number of carbonyl (C=O) groups is 2. The zero-order valence-electron chi connectivity index (χ0n) is 14.2. The molecule has 146 valence electrons. The fourth-order valence-electron chi connectivity index (χ4n) is 2.86. The van der Waals surface area contributed by atoms with Gasteiger partial charge < -0.3 is 14.7 Å². The standard InChI is InChI=1S/C16H17F3N4O3S/c17-16(18,19)9-20-15(25)10-3-1-7-23(10)13(24)6-5-12-21-14(22-26-12)11-4-2-8-27-11/h2,4,8,10H,1,3,5-7,9H2,(H,20,25). The molecule has 1 fully saturated rings. The first-order valence-corrected chi connectivity index (χ1v) is 9.22. The molecular formula is C16H17F3N4O3S. The van der Waals surface area contributed by atoms with Crippen LogP contribution in [0.1, 0.15) is 25.2 Å². The van der Waals surface area contributed by atoms with Crippen molar-refractivity contribution in [3.63, 3.8) is 0 Å². The van der Waals surface area contributed by atoms with E-state index in [0.717, 1.165) is 4.88 Å². The maximum atomic E-state index is 12.4. The van der Waals surface area contributed by atoms with Gasteiger partial charge in [0.1, 0.15) is 12.6 Å². The highest BCUT2D eigenvalue weighted by atomic mass is 32.1. The number of likely N-dealkylation sites (tertiary alicyclic amines) is 1. The average molecular weight is 402 g/mol. The number of hydrogen-bond donors (Lipinski definition) is 1. The molecule has 0 radical (unpaired) electrons. The molecule has 1 aliphatic rings. The van der Waals surface area contributed by atoms with Crippen molar-refractivity contribution in [3.8, 4) is 10.7 Å². The van der Waals surface area contributed by atoms with E-state index < -0.39 is 24.7 Å². The Morgan fingerprint density at radius 3 is 2.93 bits per heavy atom. The summed E-state index contributed by atoms with van der Waals surface area (Å²) in [6.45, 7) is -1.06. The maximum absolute atomic E-state index is 12.4. The van der Waals surface area contributed by atoms with Crippen LogP contribution in [0.3, 0.4) is 0 Å². The van der Waals surface area contributed by atoms with Gasteiger partial charge in [-0.2, -0.15) is 18.2 Å². The van der Waals surface area contributed by atoms with Crippen LogP contribution >= 0.6 is 11.3 Å². The fraction of sp³-hybridized carbons (Fsp3) is 0.500. The molecule has 1 N–H and O–H groups in total. The van der Waals surface area contributed by atoms with E-state index in [0.29, 0.717) is 31.1 Å². The number of aromatic nitrogens is 2. The highest BCUT2D eigenvalue weighted by Gasteiger charge is 2.36. The Bertz CT molecular complexity index is 791. The van der Waals surface area contributed by atoms with Gasteiger partial charge in [-0.1, -0.05) is 11.2 Å². The molecule has 1 unspecified atom stereocenters. The van der Waals surface area contributed by atoms with Gasteiger partial charge in [0.2, 0.25) is 23.5 Å². The first kappa shape index (κ1) is 19.3. The van der Waals surface area contributed by atoms with Crippen LogP contribution in [0.2, 0.25) is 0 Å². The summed E-state index contributed by atoms with van der Waals surface area (Å²) < 4.78 is 41.9. The minimum absolute atomic E-state index is 0.0368. The first-order chi connectivity index (χ1) is 12.8. The van der Waals surface area contributed by atoms with Gasteiger partial charge in [0.05, 0.1) is 4.88 Å². The molecule has 2 amide bonds. The Morgan fingerprint density at radius 2 is 2.22 bits per heavy atom. The van der Waals surface area contributed by atoms with Crippen LogP contribution in [0.4, 0.5) is 13.2 Å². The summed E-state index contributed by atoms with van der Waals surface area (Å²) in [6, 6.07) is 2.83. The summed E-state index contributed by atoms with van der Waals surface area (Å²) in [7, 11) is 0. The lowest BCUT2D eigenvalue weighted by Crippen LogP contribution is -2.48. The van der Waals surface area contributed by atoms with Crippen molar-refractivity contribution >= 4 is 23.2 Å². The van der Waals surface area contributed by atoms with E-state index in [9.17, 15) is 22.8 Å². The number of rotatable bonds is 6. The molecule has 0 bridgehead atoms. The number of halogens is 3. The molecule has 27 heavy (non-hydrogen) atoms. The molecule has 1 aliphatic heterocycles. The Kier molecular flexibility index (Phi) is 5.78. The van der Waals surface area contributed by atoms with Crippen molar-refractivity contribution < 1.29 is 27.3 Å². The molecule has 2 aromatic heterocycles. The molecule has 0 aromatic carbocycles. The van der Waals surface area contributed by atoms with Crippen LogP contribution < -0.4 is 5.32 Å². The van der Waals surface area contributed by atoms with Crippen molar-refractivity contribution in [1.82, 2.24) is 20.4 Å². The topological polar surface area (TPSA) is 88.3 Å². The Hall–Kier alpha value is -2.43. The third kappa shape index (κ3) is 5.06. The highest BCUT2D eigenvalue weighted by Crippen LogP contribution is 2.23. The first-order valence-electron chi connectivity index (χ1n) is 8.34. The van der Waals surface area contributed by atoms with Crippen LogP contribution in [0.15, 0.2) is 22.0 Å². The van der Waals surface area contributed by atoms with Crippen LogP contribution in [0.25, 0.3) is 10.7 Å². The van der Waals surface area contributed by atoms with E-state index in [1.54, 1.807) is 0 Å². The van der Waals surface area contributed by atoms with E-state index in [1.165, 1.54) is 16.2 Å². The van der Waals surface area contributed by atoms with Gasteiger partial charge in [-0.25, -0.2) is 0 Å². The van der Waals surface area contributed by atoms with E-state index >= 15 is 0 Å². The van der Waals surface area contributed by atoms with Gasteiger partial charge >= 0.3 is 6.18 Å². The van der Waals surface area contributed by atoms with Crippen LogP contribution in [0.5, 0.6) is 0 Å². The summed E-state index contributed by atoms with van der Waals surface area (Å²) in [5.41, 5.74) is 0. The second-order valence-corrected chi connectivity index (χ2v) is 7.01. The lowest BCUT2D eigenvalue weighted by molar-refractivity contribution is -0.144. The molecule has 3 rings (SSSR count). The van der Waals surface area contributed by atoms with Gasteiger partial charge in [0.15, 0.2) is 0 Å². The highest BCUT2D eigenvalue weighted by molar-refractivity contribution is 7.13. The Morgan fingerprint density at radius 1 is 1.41 bits per heavy atom. The zero-order chi connectivity index (χ0) is 19.4. The van der Waals surface area contributed by atoms with E-state index in [-0.39, 0.29) is 18.7 Å². The van der Waals surface area contributed by atoms with E-state index in [2.05, 4.69) is 10.1 Å². The number of thiophene rings is 1. The minimum Gasteiger partial charge on any atom is -0.345 e.